The summed E-state index contributed by atoms with van der Waals surface area (Å²) < 4.78 is 29.1. The van der Waals surface area contributed by atoms with E-state index >= 15 is 4.39 Å². The highest BCUT2D eigenvalue weighted by Crippen LogP contribution is 2.45. The van der Waals surface area contributed by atoms with Gasteiger partial charge in [-0.15, -0.1) is 0 Å². The predicted octanol–water partition coefficient (Wildman–Crippen LogP) is 5.16. The summed E-state index contributed by atoms with van der Waals surface area (Å²) in [5.74, 6) is -0.434. The molecule has 1 aromatic heterocycles. The molecule has 5 rings (SSSR count). The third kappa shape index (κ3) is 4.80. The van der Waals surface area contributed by atoms with Gasteiger partial charge in [0.25, 0.3) is 0 Å². The van der Waals surface area contributed by atoms with E-state index in [1.165, 1.54) is 20.1 Å². The minimum atomic E-state index is -0.596. The third-order valence-corrected chi connectivity index (χ3v) is 7.45. The number of hydrogen-bond acceptors (Lipinski definition) is 6. The Morgan fingerprint density at radius 3 is 2.43 bits per heavy atom. The topological polar surface area (TPSA) is 81.1 Å². The minimum Gasteiger partial charge on any atom is -0.492 e. The first kappa shape index (κ1) is 26.9. The van der Waals surface area contributed by atoms with Crippen molar-refractivity contribution in [3.8, 4) is 5.75 Å². The van der Waals surface area contributed by atoms with Gasteiger partial charge in [-0.05, 0) is 65.4 Å². The SMILES string of the molecule is C.COc1c(N2C[C@@H]3CCCN(C(=O)OC(C)(C)C)[C@@H]3C2)c(F)cc2c(=O)c(C(C)=O)cn(C3CC3)c12. The van der Waals surface area contributed by atoms with Gasteiger partial charge in [0.15, 0.2) is 22.8 Å². The van der Waals surface area contributed by atoms with E-state index in [9.17, 15) is 14.4 Å². The zero-order valence-corrected chi connectivity index (χ0v) is 21.6. The summed E-state index contributed by atoms with van der Waals surface area (Å²) in [7, 11) is 1.48. The zero-order chi connectivity index (χ0) is 25.9. The van der Waals surface area contributed by atoms with Crippen molar-refractivity contribution in [2.45, 2.75) is 78.5 Å². The summed E-state index contributed by atoms with van der Waals surface area (Å²) in [5, 5.41) is 0.152. The van der Waals surface area contributed by atoms with E-state index in [2.05, 4.69) is 0 Å². The number of carbonyl (C=O) groups excluding carboxylic acids is 2. The van der Waals surface area contributed by atoms with Gasteiger partial charge in [-0.1, -0.05) is 7.43 Å². The van der Waals surface area contributed by atoms with Gasteiger partial charge in [-0.2, -0.15) is 0 Å². The molecule has 3 fully saturated rings. The molecule has 202 valence electrons. The molecule has 8 nitrogen and oxygen atoms in total. The quantitative estimate of drug-likeness (QED) is 0.524. The summed E-state index contributed by atoms with van der Waals surface area (Å²) >= 11 is 0. The second-order valence-corrected chi connectivity index (χ2v) is 11.3. The van der Waals surface area contributed by atoms with Gasteiger partial charge < -0.3 is 23.8 Å². The van der Waals surface area contributed by atoms with Crippen molar-refractivity contribution in [3.05, 3.63) is 33.9 Å². The lowest BCUT2D eigenvalue weighted by Gasteiger charge is -2.37. The highest BCUT2D eigenvalue weighted by atomic mass is 19.1. The first-order valence-electron chi connectivity index (χ1n) is 12.7. The number of likely N-dealkylation sites (tertiary alicyclic amines) is 1. The molecule has 2 aliphatic heterocycles. The van der Waals surface area contributed by atoms with Crippen LogP contribution < -0.4 is 15.1 Å². The largest absolute Gasteiger partial charge is 0.492 e. The van der Waals surface area contributed by atoms with Crippen molar-refractivity contribution in [3.63, 3.8) is 0 Å². The summed E-state index contributed by atoms with van der Waals surface area (Å²) in [4.78, 5) is 41.9. The maximum atomic E-state index is 15.8. The van der Waals surface area contributed by atoms with Crippen molar-refractivity contribution in [2.24, 2.45) is 5.92 Å². The molecule has 9 heteroatoms. The average molecular weight is 516 g/mol. The summed E-state index contributed by atoms with van der Waals surface area (Å²) in [6.45, 7) is 8.52. The Labute approximate surface area is 217 Å². The van der Waals surface area contributed by atoms with Gasteiger partial charge in [0.05, 0.1) is 29.6 Å². The summed E-state index contributed by atoms with van der Waals surface area (Å²) in [5.41, 5.74) is -0.201. The molecule has 2 atom stereocenters. The highest BCUT2D eigenvalue weighted by molar-refractivity contribution is 5.99. The zero-order valence-electron chi connectivity index (χ0n) is 21.6. The van der Waals surface area contributed by atoms with E-state index < -0.39 is 16.8 Å². The molecule has 0 radical (unpaired) electrons. The van der Waals surface area contributed by atoms with Gasteiger partial charge in [0, 0.05) is 31.9 Å². The van der Waals surface area contributed by atoms with E-state index in [-0.39, 0.29) is 48.3 Å². The lowest BCUT2D eigenvalue weighted by molar-refractivity contribution is 0.00669. The first-order valence-corrected chi connectivity index (χ1v) is 12.7. The van der Waals surface area contributed by atoms with Gasteiger partial charge >= 0.3 is 6.09 Å². The minimum absolute atomic E-state index is 0. The number of nitrogens with zero attached hydrogens (tertiary/aromatic N) is 3. The summed E-state index contributed by atoms with van der Waals surface area (Å²) in [6, 6.07) is 1.29. The van der Waals surface area contributed by atoms with Crippen molar-refractivity contribution < 1.29 is 23.5 Å². The fraction of sp³-hybridized carbons (Fsp3) is 0.607. The molecule has 0 N–H and O–H groups in total. The first-order chi connectivity index (χ1) is 17.0. The van der Waals surface area contributed by atoms with Crippen LogP contribution in [0.1, 0.15) is 77.2 Å². The Morgan fingerprint density at radius 1 is 1.14 bits per heavy atom. The molecule has 37 heavy (non-hydrogen) atoms. The Hall–Kier alpha value is -3.10. The van der Waals surface area contributed by atoms with Gasteiger partial charge in [0.2, 0.25) is 0 Å². The Morgan fingerprint density at radius 2 is 1.84 bits per heavy atom. The lowest BCUT2D eigenvalue weighted by atomic mass is 9.92. The number of halogens is 1. The van der Waals surface area contributed by atoms with Crippen LogP contribution in [0.15, 0.2) is 17.1 Å². The fourth-order valence-corrected chi connectivity index (χ4v) is 5.73. The predicted molar refractivity (Wildman–Crippen MR) is 141 cm³/mol. The van der Waals surface area contributed by atoms with E-state index in [1.807, 2.05) is 30.2 Å². The number of piperidine rings is 1. The molecular formula is C28H38FN3O5. The van der Waals surface area contributed by atoms with Crippen molar-refractivity contribution in [1.29, 1.82) is 0 Å². The number of ether oxygens (including phenoxy) is 2. The number of Topliss-reactive ketones (excluding diaryl/α,β-unsaturated/α-hetero) is 1. The van der Waals surface area contributed by atoms with Crippen LogP contribution in [-0.2, 0) is 4.74 Å². The number of hydrogen-bond donors (Lipinski definition) is 0. The van der Waals surface area contributed by atoms with Crippen LogP contribution in [0.5, 0.6) is 5.75 Å². The van der Waals surface area contributed by atoms with Crippen LogP contribution in [0.2, 0.25) is 0 Å². The standard InChI is InChI=1S/C27H34FN3O5.CH4/c1-15(32)19-13-31(17-8-9-17)22-18(24(19)33)11-20(28)23(25(22)35-5)29-12-16-7-6-10-30(21(16)14-29)26(34)36-27(2,3)4;/h11,13,16-17,21H,6-10,12,14H2,1-5H3;1H4/t16-,21+;/m0./s1. The molecule has 2 aromatic rings. The van der Waals surface area contributed by atoms with Crippen LogP contribution >= 0.6 is 0 Å². The fourth-order valence-electron chi connectivity index (χ4n) is 5.73. The Balaban J connectivity index is 0.00000320. The van der Waals surface area contributed by atoms with Crippen molar-refractivity contribution in [1.82, 2.24) is 9.47 Å². The highest BCUT2D eigenvalue weighted by Gasteiger charge is 2.44. The van der Waals surface area contributed by atoms with Gasteiger partial charge in [-0.25, -0.2) is 9.18 Å². The van der Waals surface area contributed by atoms with E-state index in [1.54, 1.807) is 11.1 Å². The number of fused-ring (bicyclic) bond motifs is 2. The van der Waals surface area contributed by atoms with Crippen molar-refractivity contribution >= 4 is 28.5 Å². The molecule has 2 saturated heterocycles. The monoisotopic (exact) mass is 515 g/mol. The van der Waals surface area contributed by atoms with E-state index in [0.29, 0.717) is 36.6 Å². The number of ketones is 1. The molecule has 0 unspecified atom stereocenters. The van der Waals surface area contributed by atoms with Crippen LogP contribution in [0, 0.1) is 11.7 Å². The van der Waals surface area contributed by atoms with Crippen LogP contribution in [0.3, 0.4) is 0 Å². The maximum Gasteiger partial charge on any atom is 0.410 e. The third-order valence-electron chi connectivity index (χ3n) is 7.45. The molecule has 1 saturated carbocycles. The molecule has 0 bridgehead atoms. The second-order valence-electron chi connectivity index (χ2n) is 11.3. The summed E-state index contributed by atoms with van der Waals surface area (Å²) in [6.07, 6.45) is 4.90. The maximum absolute atomic E-state index is 15.8. The number of anilines is 1. The number of rotatable bonds is 4. The van der Waals surface area contributed by atoms with Crippen LogP contribution in [-0.4, -0.2) is 59.7 Å². The number of aromatic nitrogens is 1. The number of amides is 1. The molecule has 3 heterocycles. The second kappa shape index (κ2) is 9.65. The smallest absolute Gasteiger partial charge is 0.410 e. The molecule has 1 aliphatic carbocycles. The number of methoxy groups -OCH3 is 1. The molecular weight excluding hydrogens is 477 g/mol. The van der Waals surface area contributed by atoms with Crippen LogP contribution in [0.25, 0.3) is 10.9 Å². The van der Waals surface area contributed by atoms with E-state index in [0.717, 1.165) is 25.7 Å². The molecule has 1 aromatic carbocycles. The molecule has 1 amide bonds. The van der Waals surface area contributed by atoms with Gasteiger partial charge in [0.1, 0.15) is 11.3 Å². The van der Waals surface area contributed by atoms with Gasteiger partial charge in [-0.3, -0.25) is 9.59 Å². The number of pyridine rings is 1. The average Bonchev–Trinajstić information content (AvgIpc) is 3.55. The Kier molecular flexibility index (Phi) is 7.03. The van der Waals surface area contributed by atoms with E-state index in [4.69, 9.17) is 9.47 Å². The normalized spacial score (nSPS) is 21.5. The number of carbonyl (C=O) groups is 2. The molecule has 0 spiro atoms. The van der Waals surface area contributed by atoms with Crippen molar-refractivity contribution in [2.75, 3.05) is 31.6 Å². The van der Waals surface area contributed by atoms with Crippen LogP contribution in [0.4, 0.5) is 14.9 Å². The molecule has 3 aliphatic rings. The lowest BCUT2D eigenvalue weighted by Crippen LogP contribution is -2.50. The number of benzene rings is 1. The Bertz CT molecular complexity index is 1290.